The Morgan fingerprint density at radius 3 is 2.17 bits per heavy atom. The number of amides is 1. The predicted octanol–water partition coefficient (Wildman–Crippen LogP) is 7.10. The van der Waals surface area contributed by atoms with Gasteiger partial charge in [-0.15, -0.1) is 11.3 Å². The summed E-state index contributed by atoms with van der Waals surface area (Å²) in [7, 11) is 1.87. The zero-order chi connectivity index (χ0) is 24.9. The third-order valence-corrected chi connectivity index (χ3v) is 7.35. The molecule has 3 aromatic carbocycles. The van der Waals surface area contributed by atoms with Gasteiger partial charge in [0.05, 0.1) is 17.0 Å². The van der Waals surface area contributed by atoms with Crippen LogP contribution in [0.5, 0.6) is 0 Å². The highest BCUT2D eigenvalue weighted by molar-refractivity contribution is 7.13. The maximum atomic E-state index is 13.6. The molecule has 0 fully saturated rings. The van der Waals surface area contributed by atoms with E-state index in [9.17, 15) is 4.79 Å². The molecule has 1 amide bonds. The monoisotopic (exact) mass is 491 g/mol. The van der Waals surface area contributed by atoms with Crippen molar-refractivity contribution in [1.82, 2.24) is 14.5 Å². The minimum Gasteiger partial charge on any atom is -0.342 e. The summed E-state index contributed by atoms with van der Waals surface area (Å²) in [4.78, 5) is 20.3. The Kier molecular flexibility index (Phi) is 7.10. The topological polar surface area (TPSA) is 38.1 Å². The van der Waals surface area contributed by atoms with E-state index in [-0.39, 0.29) is 5.91 Å². The largest absolute Gasteiger partial charge is 0.342 e. The number of benzene rings is 3. The molecule has 36 heavy (non-hydrogen) atoms. The first-order valence-corrected chi connectivity index (χ1v) is 13.0. The van der Waals surface area contributed by atoms with Crippen molar-refractivity contribution < 1.29 is 4.79 Å². The summed E-state index contributed by atoms with van der Waals surface area (Å²) in [5.41, 5.74) is 7.08. The Bertz CT molecular complexity index is 1440. The molecule has 2 heterocycles. The summed E-state index contributed by atoms with van der Waals surface area (Å²) < 4.78 is 2.25. The van der Waals surface area contributed by atoms with Gasteiger partial charge in [-0.05, 0) is 30.5 Å². The standard InChI is InChI=1S/C31H29N3OS/c1-23-27(31(35)33(2)21-25-14-8-4-9-15-25)20-29(34(23)19-18-24-12-6-3-7-13-24)28-22-36-30(32-28)26-16-10-5-11-17-26/h3-17,20,22H,18-19,21H2,1-2H3. The van der Waals surface area contributed by atoms with Crippen molar-refractivity contribution in [1.29, 1.82) is 0 Å². The first-order valence-electron chi connectivity index (χ1n) is 12.1. The van der Waals surface area contributed by atoms with Crippen LogP contribution in [-0.4, -0.2) is 27.4 Å². The van der Waals surface area contributed by atoms with Crippen LogP contribution in [0.3, 0.4) is 0 Å². The fourth-order valence-electron chi connectivity index (χ4n) is 4.49. The summed E-state index contributed by atoms with van der Waals surface area (Å²) in [5, 5.41) is 3.08. The second-order valence-corrected chi connectivity index (χ2v) is 9.82. The van der Waals surface area contributed by atoms with Crippen LogP contribution in [0.2, 0.25) is 0 Å². The average Bonchev–Trinajstić information content (AvgIpc) is 3.53. The lowest BCUT2D eigenvalue weighted by Gasteiger charge is -2.17. The molecule has 0 N–H and O–H groups in total. The van der Waals surface area contributed by atoms with Crippen LogP contribution >= 0.6 is 11.3 Å². The van der Waals surface area contributed by atoms with Crippen molar-refractivity contribution >= 4 is 17.2 Å². The van der Waals surface area contributed by atoms with E-state index in [1.54, 1.807) is 16.2 Å². The fraction of sp³-hybridized carbons (Fsp3) is 0.161. The van der Waals surface area contributed by atoms with Crippen molar-refractivity contribution in [2.45, 2.75) is 26.4 Å². The van der Waals surface area contributed by atoms with Gasteiger partial charge in [-0.3, -0.25) is 4.79 Å². The highest BCUT2D eigenvalue weighted by atomic mass is 32.1. The normalized spacial score (nSPS) is 10.9. The molecule has 0 unspecified atom stereocenters. The first-order chi connectivity index (χ1) is 17.6. The number of carbonyl (C=O) groups is 1. The molecule has 5 rings (SSSR count). The van der Waals surface area contributed by atoms with Gasteiger partial charge in [0.25, 0.3) is 5.91 Å². The molecule has 0 radical (unpaired) electrons. The van der Waals surface area contributed by atoms with Gasteiger partial charge in [-0.1, -0.05) is 91.0 Å². The van der Waals surface area contributed by atoms with Crippen LogP contribution in [0.4, 0.5) is 0 Å². The highest BCUT2D eigenvalue weighted by Gasteiger charge is 2.22. The molecule has 5 heteroatoms. The Morgan fingerprint density at radius 1 is 0.889 bits per heavy atom. The molecule has 0 bridgehead atoms. The molecule has 0 saturated heterocycles. The molecule has 0 aliphatic rings. The highest BCUT2D eigenvalue weighted by Crippen LogP contribution is 2.32. The number of aryl methyl sites for hydroxylation is 1. The average molecular weight is 492 g/mol. The zero-order valence-electron chi connectivity index (χ0n) is 20.6. The van der Waals surface area contributed by atoms with E-state index >= 15 is 0 Å². The van der Waals surface area contributed by atoms with Gasteiger partial charge in [0.2, 0.25) is 0 Å². The molecule has 0 atom stereocenters. The van der Waals surface area contributed by atoms with Gasteiger partial charge in [-0.2, -0.15) is 0 Å². The SMILES string of the molecule is Cc1c(C(=O)N(C)Cc2ccccc2)cc(-c2csc(-c3ccccc3)n2)n1CCc1ccccc1. The summed E-state index contributed by atoms with van der Waals surface area (Å²) >= 11 is 1.63. The van der Waals surface area contributed by atoms with Crippen LogP contribution in [-0.2, 0) is 19.5 Å². The van der Waals surface area contributed by atoms with Crippen molar-refractivity contribution in [3.63, 3.8) is 0 Å². The molecular formula is C31H29N3OS. The second kappa shape index (κ2) is 10.8. The molecule has 2 aromatic heterocycles. The van der Waals surface area contributed by atoms with Gasteiger partial charge in [0, 0.05) is 36.8 Å². The van der Waals surface area contributed by atoms with E-state index in [4.69, 9.17) is 4.98 Å². The van der Waals surface area contributed by atoms with Gasteiger partial charge in [0.15, 0.2) is 0 Å². The van der Waals surface area contributed by atoms with E-state index < -0.39 is 0 Å². The Hall–Kier alpha value is -3.96. The number of nitrogens with zero attached hydrogens (tertiary/aromatic N) is 3. The van der Waals surface area contributed by atoms with Crippen molar-refractivity contribution in [2.75, 3.05) is 7.05 Å². The summed E-state index contributed by atoms with van der Waals surface area (Å²) in [6.07, 6.45) is 0.881. The van der Waals surface area contributed by atoms with E-state index in [0.717, 1.165) is 51.7 Å². The molecule has 180 valence electrons. The molecule has 0 aliphatic carbocycles. The van der Waals surface area contributed by atoms with Crippen molar-refractivity contribution in [3.8, 4) is 22.0 Å². The number of carbonyl (C=O) groups excluding carboxylic acids is 1. The summed E-state index contributed by atoms with van der Waals surface area (Å²) in [5.74, 6) is 0.0228. The number of hydrogen-bond acceptors (Lipinski definition) is 3. The predicted molar refractivity (Wildman–Crippen MR) is 148 cm³/mol. The van der Waals surface area contributed by atoms with Crippen LogP contribution in [0.25, 0.3) is 22.0 Å². The summed E-state index contributed by atoms with van der Waals surface area (Å²) in [6, 6.07) is 32.8. The second-order valence-electron chi connectivity index (χ2n) is 8.97. The maximum absolute atomic E-state index is 13.6. The van der Waals surface area contributed by atoms with E-state index in [1.165, 1.54) is 5.56 Å². The molecular weight excluding hydrogens is 462 g/mol. The first kappa shape index (κ1) is 23.8. The zero-order valence-corrected chi connectivity index (χ0v) is 21.4. The molecule has 4 nitrogen and oxygen atoms in total. The van der Waals surface area contributed by atoms with E-state index in [1.807, 2.05) is 74.6 Å². The van der Waals surface area contributed by atoms with Crippen LogP contribution in [0.15, 0.2) is 102 Å². The number of aromatic nitrogens is 2. The quantitative estimate of drug-likeness (QED) is 0.232. The maximum Gasteiger partial charge on any atom is 0.255 e. The third kappa shape index (κ3) is 5.16. The van der Waals surface area contributed by atoms with Gasteiger partial charge in [-0.25, -0.2) is 4.98 Å². The van der Waals surface area contributed by atoms with Crippen molar-refractivity contribution in [2.24, 2.45) is 0 Å². The minimum atomic E-state index is 0.0228. The van der Waals surface area contributed by atoms with E-state index in [2.05, 4.69) is 46.3 Å². The smallest absolute Gasteiger partial charge is 0.255 e. The van der Waals surface area contributed by atoms with Crippen molar-refractivity contribution in [3.05, 3.63) is 125 Å². The molecule has 0 spiro atoms. The van der Waals surface area contributed by atoms with Gasteiger partial charge in [0.1, 0.15) is 5.01 Å². The van der Waals surface area contributed by atoms with Gasteiger partial charge < -0.3 is 9.47 Å². The Labute approximate surface area is 216 Å². The summed E-state index contributed by atoms with van der Waals surface area (Å²) in [6.45, 7) is 3.39. The van der Waals surface area contributed by atoms with Crippen LogP contribution < -0.4 is 0 Å². The fourth-order valence-corrected chi connectivity index (χ4v) is 5.31. The number of hydrogen-bond donors (Lipinski definition) is 0. The Morgan fingerprint density at radius 2 is 1.50 bits per heavy atom. The lowest BCUT2D eigenvalue weighted by molar-refractivity contribution is 0.0784. The number of thiazole rings is 1. The number of rotatable bonds is 8. The third-order valence-electron chi connectivity index (χ3n) is 6.46. The van der Waals surface area contributed by atoms with E-state index in [0.29, 0.717) is 6.54 Å². The molecule has 0 aliphatic heterocycles. The molecule has 0 saturated carbocycles. The minimum absolute atomic E-state index is 0.0228. The van der Waals surface area contributed by atoms with Gasteiger partial charge >= 0.3 is 0 Å². The lowest BCUT2D eigenvalue weighted by atomic mass is 10.1. The Balaban J connectivity index is 1.48. The lowest BCUT2D eigenvalue weighted by Crippen LogP contribution is -2.26. The van der Waals surface area contributed by atoms with Crippen LogP contribution in [0, 0.1) is 6.92 Å². The molecule has 5 aromatic rings. The van der Waals surface area contributed by atoms with Crippen LogP contribution in [0.1, 0.15) is 27.2 Å².